The second-order valence-corrected chi connectivity index (χ2v) is 6.61. The maximum Gasteiger partial charge on any atom is 0.125 e. The molecule has 1 aromatic carbocycles. The monoisotopic (exact) mass is 292 g/mol. The van der Waals surface area contributed by atoms with Crippen molar-refractivity contribution in [1.82, 2.24) is 9.55 Å². The molecule has 2 saturated carbocycles. The summed E-state index contributed by atoms with van der Waals surface area (Å²) >= 11 is 6.03. The Morgan fingerprint density at radius 3 is 2.90 bits per heavy atom. The molecule has 0 N–H and O–H groups in total. The standard InChI is InChI=1S/C16H18ClFN2/c17-8-16-19-14-7-13(18)3-4-15(14)20(16)9-12-6-10-1-2-11(12)5-10/h3-4,7,10-12H,1-2,5-6,8-9H2. The fourth-order valence-corrected chi connectivity index (χ4v) is 4.50. The molecule has 2 aromatic rings. The first-order chi connectivity index (χ1) is 9.74. The number of hydrogen-bond acceptors (Lipinski definition) is 1. The van der Waals surface area contributed by atoms with Gasteiger partial charge in [-0.15, -0.1) is 11.6 Å². The van der Waals surface area contributed by atoms with Gasteiger partial charge in [0, 0.05) is 12.6 Å². The lowest BCUT2D eigenvalue weighted by Crippen LogP contribution is -2.18. The molecule has 3 atom stereocenters. The third-order valence-corrected chi connectivity index (χ3v) is 5.45. The lowest BCUT2D eigenvalue weighted by molar-refractivity contribution is 0.296. The van der Waals surface area contributed by atoms with Gasteiger partial charge in [-0.1, -0.05) is 6.42 Å². The van der Waals surface area contributed by atoms with Crippen LogP contribution in [-0.2, 0) is 12.4 Å². The van der Waals surface area contributed by atoms with Gasteiger partial charge in [-0.2, -0.15) is 0 Å². The molecule has 0 amide bonds. The summed E-state index contributed by atoms with van der Waals surface area (Å²) in [6.07, 6.45) is 5.54. The molecule has 2 bridgehead atoms. The average molecular weight is 293 g/mol. The van der Waals surface area contributed by atoms with Crippen molar-refractivity contribution in [3.05, 3.63) is 29.8 Å². The van der Waals surface area contributed by atoms with Gasteiger partial charge in [0.25, 0.3) is 0 Å². The number of rotatable bonds is 3. The number of imidazole rings is 1. The Morgan fingerprint density at radius 1 is 1.30 bits per heavy atom. The van der Waals surface area contributed by atoms with Crippen LogP contribution in [0.15, 0.2) is 18.2 Å². The Morgan fingerprint density at radius 2 is 2.20 bits per heavy atom. The third kappa shape index (κ3) is 1.95. The summed E-state index contributed by atoms with van der Waals surface area (Å²) in [5.41, 5.74) is 1.74. The summed E-state index contributed by atoms with van der Waals surface area (Å²) in [6.45, 7) is 0.991. The molecule has 2 nitrogen and oxygen atoms in total. The van der Waals surface area contributed by atoms with E-state index < -0.39 is 0 Å². The van der Waals surface area contributed by atoms with E-state index in [1.54, 1.807) is 0 Å². The molecule has 2 aliphatic carbocycles. The van der Waals surface area contributed by atoms with Crippen molar-refractivity contribution in [2.45, 2.75) is 38.1 Å². The first kappa shape index (κ1) is 12.6. The van der Waals surface area contributed by atoms with Crippen LogP contribution < -0.4 is 0 Å². The highest BCUT2D eigenvalue weighted by molar-refractivity contribution is 6.16. The fourth-order valence-electron chi connectivity index (χ4n) is 4.29. The molecule has 3 unspecified atom stereocenters. The maximum absolute atomic E-state index is 13.3. The molecule has 0 aliphatic heterocycles. The topological polar surface area (TPSA) is 17.8 Å². The Labute approximate surface area is 122 Å². The predicted octanol–water partition coefficient (Wildman–Crippen LogP) is 4.35. The second-order valence-electron chi connectivity index (χ2n) is 6.34. The lowest BCUT2D eigenvalue weighted by Gasteiger charge is -2.23. The smallest absolute Gasteiger partial charge is 0.125 e. The zero-order chi connectivity index (χ0) is 13.7. The Hall–Kier alpha value is -1.09. The summed E-state index contributed by atoms with van der Waals surface area (Å²) < 4.78 is 15.5. The highest BCUT2D eigenvalue weighted by Gasteiger charge is 2.39. The number of hydrogen-bond donors (Lipinski definition) is 0. The van der Waals surface area contributed by atoms with Crippen molar-refractivity contribution in [3.63, 3.8) is 0 Å². The molecular formula is C16H18ClFN2. The van der Waals surface area contributed by atoms with Crippen LogP contribution >= 0.6 is 11.6 Å². The van der Waals surface area contributed by atoms with Crippen LogP contribution in [0.4, 0.5) is 4.39 Å². The van der Waals surface area contributed by atoms with Crippen LogP contribution in [0.2, 0.25) is 0 Å². The molecule has 106 valence electrons. The Balaban J connectivity index is 1.71. The molecule has 4 heteroatoms. The minimum atomic E-state index is -0.233. The van der Waals surface area contributed by atoms with Gasteiger partial charge in [-0.25, -0.2) is 9.37 Å². The second kappa shape index (κ2) is 4.73. The summed E-state index contributed by atoms with van der Waals surface area (Å²) in [7, 11) is 0. The lowest BCUT2D eigenvalue weighted by atomic mass is 9.89. The number of halogens is 2. The van der Waals surface area contributed by atoms with Gasteiger partial charge in [0.15, 0.2) is 0 Å². The summed E-state index contributed by atoms with van der Waals surface area (Å²) in [6, 6.07) is 4.85. The van der Waals surface area contributed by atoms with E-state index in [1.807, 2.05) is 6.07 Å². The van der Waals surface area contributed by atoms with E-state index in [4.69, 9.17) is 11.6 Å². The number of aromatic nitrogens is 2. The quantitative estimate of drug-likeness (QED) is 0.769. The Kier molecular flexibility index (Phi) is 2.99. The summed E-state index contributed by atoms with van der Waals surface area (Å²) in [4.78, 5) is 4.49. The van der Waals surface area contributed by atoms with Crippen LogP contribution in [0.25, 0.3) is 11.0 Å². The van der Waals surface area contributed by atoms with Gasteiger partial charge in [0.2, 0.25) is 0 Å². The van der Waals surface area contributed by atoms with Crippen LogP contribution in [0.5, 0.6) is 0 Å². The van der Waals surface area contributed by atoms with Crippen LogP contribution in [0.3, 0.4) is 0 Å². The first-order valence-corrected chi connectivity index (χ1v) is 7.98. The van der Waals surface area contributed by atoms with E-state index in [0.29, 0.717) is 5.88 Å². The highest BCUT2D eigenvalue weighted by atomic mass is 35.5. The van der Waals surface area contributed by atoms with Crippen LogP contribution in [0.1, 0.15) is 31.5 Å². The number of fused-ring (bicyclic) bond motifs is 3. The average Bonchev–Trinajstić information content (AvgIpc) is 3.12. The van der Waals surface area contributed by atoms with Gasteiger partial charge < -0.3 is 4.57 Å². The van der Waals surface area contributed by atoms with E-state index in [2.05, 4.69) is 9.55 Å². The van der Waals surface area contributed by atoms with E-state index in [1.165, 1.54) is 37.8 Å². The molecule has 0 radical (unpaired) electrons. The highest BCUT2D eigenvalue weighted by Crippen LogP contribution is 2.49. The van der Waals surface area contributed by atoms with Crippen molar-refractivity contribution in [2.75, 3.05) is 0 Å². The van der Waals surface area contributed by atoms with Gasteiger partial charge >= 0.3 is 0 Å². The molecule has 20 heavy (non-hydrogen) atoms. The Bertz CT molecular complexity index is 651. The maximum atomic E-state index is 13.3. The SMILES string of the molecule is Fc1ccc2c(c1)nc(CCl)n2CC1CC2CCC1C2. The zero-order valence-corrected chi connectivity index (χ0v) is 12.1. The number of nitrogens with zero attached hydrogens (tertiary/aromatic N) is 2. The first-order valence-electron chi connectivity index (χ1n) is 7.45. The van der Waals surface area contributed by atoms with Gasteiger partial charge in [0.05, 0.1) is 16.9 Å². The van der Waals surface area contributed by atoms with Crippen LogP contribution in [0, 0.1) is 23.6 Å². The predicted molar refractivity (Wildman–Crippen MR) is 78.2 cm³/mol. The molecule has 0 spiro atoms. The van der Waals surface area contributed by atoms with Crippen molar-refractivity contribution in [3.8, 4) is 0 Å². The van der Waals surface area contributed by atoms with E-state index in [-0.39, 0.29) is 5.82 Å². The van der Waals surface area contributed by atoms with Crippen molar-refractivity contribution in [2.24, 2.45) is 17.8 Å². The molecule has 0 saturated heterocycles. The molecule has 4 rings (SSSR count). The van der Waals surface area contributed by atoms with E-state index in [0.717, 1.165) is 41.2 Å². The van der Waals surface area contributed by atoms with Crippen molar-refractivity contribution >= 4 is 22.6 Å². The minimum absolute atomic E-state index is 0.233. The molecule has 1 aromatic heterocycles. The van der Waals surface area contributed by atoms with Gasteiger partial charge in [-0.05, 0) is 49.1 Å². The summed E-state index contributed by atoms with van der Waals surface area (Å²) in [5, 5.41) is 0. The van der Waals surface area contributed by atoms with Gasteiger partial charge in [0.1, 0.15) is 11.6 Å². The van der Waals surface area contributed by atoms with Gasteiger partial charge in [-0.3, -0.25) is 0 Å². The number of benzene rings is 1. The normalized spacial score (nSPS) is 28.6. The van der Waals surface area contributed by atoms with E-state index in [9.17, 15) is 4.39 Å². The molecule has 2 aliphatic rings. The molecule has 2 fully saturated rings. The zero-order valence-electron chi connectivity index (χ0n) is 11.4. The fraction of sp³-hybridized carbons (Fsp3) is 0.562. The van der Waals surface area contributed by atoms with Crippen molar-refractivity contribution in [1.29, 1.82) is 0 Å². The molecule has 1 heterocycles. The largest absolute Gasteiger partial charge is 0.327 e. The minimum Gasteiger partial charge on any atom is -0.327 e. The third-order valence-electron chi connectivity index (χ3n) is 5.21. The van der Waals surface area contributed by atoms with Crippen molar-refractivity contribution < 1.29 is 4.39 Å². The van der Waals surface area contributed by atoms with Crippen LogP contribution in [-0.4, -0.2) is 9.55 Å². The summed E-state index contributed by atoms with van der Waals surface area (Å²) in [5.74, 6) is 3.59. The number of alkyl halides is 1. The molecular weight excluding hydrogens is 275 g/mol. The van der Waals surface area contributed by atoms with E-state index >= 15 is 0 Å².